The number of thiazole rings is 1. The molecule has 2 N–H and O–H groups in total. The molecule has 3 aromatic rings. The predicted molar refractivity (Wildman–Crippen MR) is 98.9 cm³/mol. The van der Waals surface area contributed by atoms with Crippen LogP contribution in [0.2, 0.25) is 0 Å². The van der Waals surface area contributed by atoms with Crippen LogP contribution >= 0.6 is 34.9 Å². The quantitative estimate of drug-likeness (QED) is 0.480. The van der Waals surface area contributed by atoms with Crippen molar-refractivity contribution >= 4 is 56.7 Å². The molecular formula is C15H11N3O5S3. The Bertz CT molecular complexity index is 1000. The molecule has 4 rings (SSSR count). The van der Waals surface area contributed by atoms with Crippen LogP contribution in [0.3, 0.4) is 0 Å². The summed E-state index contributed by atoms with van der Waals surface area (Å²) < 4.78 is 7.26. The number of benzene rings is 1. The van der Waals surface area contributed by atoms with Crippen LogP contribution in [0.15, 0.2) is 44.2 Å². The molecule has 1 aliphatic heterocycles. The summed E-state index contributed by atoms with van der Waals surface area (Å²) in [4.78, 5) is 25.9. The smallest absolute Gasteiger partial charge is 0.321 e. The summed E-state index contributed by atoms with van der Waals surface area (Å²) in [6, 6.07) is 7.62. The standard InChI is InChI=1S/C15H11N3O5S3/c19-14(20)9-6-24-13(16-9)10-3-4-12(23-10)26-15-17-8-2-1-7(18(21)22)5-11(8)25-15/h1-5,9,13,16H,6H2,(H,19,20)/t9-,13+/m0/s1. The highest BCUT2D eigenvalue weighted by Crippen LogP contribution is 2.39. The lowest BCUT2D eigenvalue weighted by Gasteiger charge is -2.07. The molecule has 0 saturated carbocycles. The Labute approximate surface area is 159 Å². The van der Waals surface area contributed by atoms with Crippen LogP contribution < -0.4 is 5.32 Å². The molecule has 0 aliphatic carbocycles. The van der Waals surface area contributed by atoms with E-state index in [9.17, 15) is 14.9 Å². The number of furan rings is 1. The van der Waals surface area contributed by atoms with Gasteiger partial charge in [-0.2, -0.15) is 0 Å². The number of nitrogens with one attached hydrogen (secondary N) is 1. The third-order valence-electron chi connectivity index (χ3n) is 3.69. The zero-order valence-electron chi connectivity index (χ0n) is 12.9. The van der Waals surface area contributed by atoms with Gasteiger partial charge in [0.2, 0.25) is 0 Å². The number of nitro groups is 1. The minimum Gasteiger partial charge on any atom is -0.480 e. The molecule has 2 aromatic heterocycles. The number of hydrogen-bond donors (Lipinski definition) is 2. The maximum Gasteiger partial charge on any atom is 0.321 e. The van der Waals surface area contributed by atoms with Crippen molar-refractivity contribution < 1.29 is 19.2 Å². The molecule has 3 heterocycles. The van der Waals surface area contributed by atoms with Crippen LogP contribution in [0.4, 0.5) is 5.69 Å². The molecule has 1 aromatic carbocycles. The summed E-state index contributed by atoms with van der Waals surface area (Å²) in [5.74, 6) is 0.280. The number of carboxylic acids is 1. The fraction of sp³-hybridized carbons (Fsp3) is 0.200. The number of rotatable bonds is 5. The molecule has 1 fully saturated rings. The lowest BCUT2D eigenvalue weighted by atomic mass is 10.3. The van der Waals surface area contributed by atoms with Gasteiger partial charge in [-0.3, -0.25) is 20.2 Å². The van der Waals surface area contributed by atoms with E-state index in [0.717, 1.165) is 9.04 Å². The zero-order chi connectivity index (χ0) is 18.3. The molecule has 0 spiro atoms. The summed E-state index contributed by atoms with van der Waals surface area (Å²) >= 11 is 4.18. The number of carboxylic acid groups (broad SMARTS) is 1. The number of aliphatic carboxylic acids is 1. The molecule has 0 bridgehead atoms. The van der Waals surface area contributed by atoms with Crippen molar-refractivity contribution in [3.05, 3.63) is 46.2 Å². The summed E-state index contributed by atoms with van der Waals surface area (Å²) in [7, 11) is 0. The van der Waals surface area contributed by atoms with Crippen LogP contribution in [0, 0.1) is 10.1 Å². The number of thioether (sulfide) groups is 1. The Hall–Kier alpha value is -2.08. The summed E-state index contributed by atoms with van der Waals surface area (Å²) in [5, 5.41) is 23.4. The molecule has 26 heavy (non-hydrogen) atoms. The van der Waals surface area contributed by atoms with Gasteiger partial charge in [-0.15, -0.1) is 23.1 Å². The highest BCUT2D eigenvalue weighted by molar-refractivity contribution is 8.01. The van der Waals surface area contributed by atoms with Crippen LogP contribution in [0.1, 0.15) is 11.1 Å². The summed E-state index contributed by atoms with van der Waals surface area (Å²) in [6.45, 7) is 0. The van der Waals surface area contributed by atoms with E-state index in [0.29, 0.717) is 22.1 Å². The first-order valence-corrected chi connectivity index (χ1v) is 10.1. The molecule has 8 nitrogen and oxygen atoms in total. The Morgan fingerprint density at radius 1 is 1.42 bits per heavy atom. The van der Waals surface area contributed by atoms with E-state index < -0.39 is 16.9 Å². The van der Waals surface area contributed by atoms with Crippen molar-refractivity contribution in [2.75, 3.05) is 5.75 Å². The van der Waals surface area contributed by atoms with E-state index in [-0.39, 0.29) is 11.1 Å². The predicted octanol–water partition coefficient (Wildman–Crippen LogP) is 3.74. The number of aromatic nitrogens is 1. The van der Waals surface area contributed by atoms with Crippen LogP contribution in [0.25, 0.3) is 10.2 Å². The van der Waals surface area contributed by atoms with Crippen molar-refractivity contribution in [1.29, 1.82) is 0 Å². The Morgan fingerprint density at radius 3 is 3.00 bits per heavy atom. The highest BCUT2D eigenvalue weighted by Gasteiger charge is 2.32. The molecule has 134 valence electrons. The first-order chi connectivity index (χ1) is 12.5. The third-order valence-corrected chi connectivity index (χ3v) is 6.92. The van der Waals surface area contributed by atoms with Crippen molar-refractivity contribution in [2.45, 2.75) is 20.8 Å². The monoisotopic (exact) mass is 409 g/mol. The van der Waals surface area contributed by atoms with E-state index in [1.165, 1.54) is 47.0 Å². The van der Waals surface area contributed by atoms with Gasteiger partial charge in [0.05, 0.1) is 15.1 Å². The normalized spacial score (nSPS) is 19.8. The Kier molecular flexibility index (Phi) is 4.61. The molecule has 0 unspecified atom stereocenters. The van der Waals surface area contributed by atoms with Crippen LogP contribution in [-0.4, -0.2) is 32.8 Å². The zero-order valence-corrected chi connectivity index (χ0v) is 15.4. The number of nitrogens with zero attached hydrogens (tertiary/aromatic N) is 2. The Balaban J connectivity index is 1.50. The molecule has 2 atom stereocenters. The van der Waals surface area contributed by atoms with Gasteiger partial charge >= 0.3 is 5.97 Å². The second kappa shape index (κ2) is 6.91. The van der Waals surface area contributed by atoms with E-state index in [1.54, 1.807) is 6.07 Å². The average molecular weight is 409 g/mol. The van der Waals surface area contributed by atoms with Gasteiger partial charge in [0.15, 0.2) is 9.43 Å². The number of carbonyl (C=O) groups is 1. The second-order valence-electron chi connectivity index (χ2n) is 5.42. The van der Waals surface area contributed by atoms with Gasteiger partial charge in [0, 0.05) is 17.9 Å². The minimum absolute atomic E-state index is 0.0373. The van der Waals surface area contributed by atoms with Gasteiger partial charge in [-0.25, -0.2) is 4.98 Å². The fourth-order valence-electron chi connectivity index (χ4n) is 2.44. The first kappa shape index (κ1) is 17.3. The lowest BCUT2D eigenvalue weighted by Crippen LogP contribution is -2.33. The average Bonchev–Trinajstić information content (AvgIpc) is 3.32. The summed E-state index contributed by atoms with van der Waals surface area (Å²) in [5.41, 5.74) is 0.738. The molecule has 0 radical (unpaired) electrons. The maximum absolute atomic E-state index is 11.0. The molecular weight excluding hydrogens is 398 g/mol. The van der Waals surface area contributed by atoms with Gasteiger partial charge in [-0.05, 0) is 30.0 Å². The number of non-ortho nitro benzene ring substituents is 1. The SMILES string of the molecule is O=C(O)[C@@H]1CS[C@H](c2ccc(Sc3nc4ccc([N+](=O)[O-])cc4s3)o2)N1. The van der Waals surface area contributed by atoms with Gasteiger partial charge < -0.3 is 9.52 Å². The van der Waals surface area contributed by atoms with E-state index in [4.69, 9.17) is 9.52 Å². The molecule has 11 heteroatoms. The first-order valence-electron chi connectivity index (χ1n) is 7.42. The Morgan fingerprint density at radius 2 is 2.27 bits per heavy atom. The minimum atomic E-state index is -0.871. The van der Waals surface area contributed by atoms with Gasteiger partial charge in [0.25, 0.3) is 5.69 Å². The van der Waals surface area contributed by atoms with E-state index in [1.807, 2.05) is 12.1 Å². The number of nitro benzene ring substituents is 1. The molecule has 1 aliphatic rings. The summed E-state index contributed by atoms with van der Waals surface area (Å²) in [6.07, 6.45) is 0. The maximum atomic E-state index is 11.0. The fourth-order valence-corrected chi connectivity index (χ4v) is 5.62. The second-order valence-corrected chi connectivity index (χ2v) is 8.84. The topological polar surface area (TPSA) is 118 Å². The van der Waals surface area contributed by atoms with Crippen molar-refractivity contribution in [3.63, 3.8) is 0 Å². The van der Waals surface area contributed by atoms with Gasteiger partial charge in [-0.1, -0.05) is 0 Å². The van der Waals surface area contributed by atoms with E-state index in [2.05, 4.69) is 10.3 Å². The third kappa shape index (κ3) is 3.43. The van der Waals surface area contributed by atoms with Crippen LogP contribution in [0.5, 0.6) is 0 Å². The molecule has 1 saturated heterocycles. The van der Waals surface area contributed by atoms with E-state index >= 15 is 0 Å². The van der Waals surface area contributed by atoms with Crippen molar-refractivity contribution in [1.82, 2.24) is 10.3 Å². The van der Waals surface area contributed by atoms with Crippen molar-refractivity contribution in [3.8, 4) is 0 Å². The highest BCUT2D eigenvalue weighted by atomic mass is 32.2. The number of hydrogen-bond acceptors (Lipinski definition) is 9. The lowest BCUT2D eigenvalue weighted by molar-refractivity contribution is -0.384. The van der Waals surface area contributed by atoms with Gasteiger partial charge in [0.1, 0.15) is 17.2 Å². The number of fused-ring (bicyclic) bond motifs is 1. The van der Waals surface area contributed by atoms with Crippen LogP contribution in [-0.2, 0) is 4.79 Å². The largest absolute Gasteiger partial charge is 0.480 e. The van der Waals surface area contributed by atoms with Crippen molar-refractivity contribution in [2.24, 2.45) is 0 Å². The molecule has 0 amide bonds.